The first-order valence-corrected chi connectivity index (χ1v) is 12.4. The highest BCUT2D eigenvalue weighted by Gasteiger charge is 2.36. The molecule has 5 rings (SSSR count). The summed E-state index contributed by atoms with van der Waals surface area (Å²) in [5.41, 5.74) is 2.05. The van der Waals surface area contributed by atoms with Crippen LogP contribution in [0.3, 0.4) is 0 Å². The van der Waals surface area contributed by atoms with Crippen LogP contribution in [0.15, 0.2) is 66.7 Å². The Morgan fingerprint density at radius 1 is 1.03 bits per heavy atom. The molecule has 0 radical (unpaired) electrons. The van der Waals surface area contributed by atoms with Crippen LogP contribution in [0, 0.1) is 11.7 Å². The van der Waals surface area contributed by atoms with E-state index in [-0.39, 0.29) is 23.1 Å². The summed E-state index contributed by atoms with van der Waals surface area (Å²) in [7, 11) is 0. The highest BCUT2D eigenvalue weighted by molar-refractivity contribution is 6.30. The number of carbonyl (C=O) groups is 2. The quantitative estimate of drug-likeness (QED) is 0.301. The van der Waals surface area contributed by atoms with E-state index in [2.05, 4.69) is 5.32 Å². The zero-order chi connectivity index (χ0) is 25.2. The first kappa shape index (κ1) is 24.0. The second-order valence-electron chi connectivity index (χ2n) is 9.16. The van der Waals surface area contributed by atoms with Crippen LogP contribution < -0.4 is 5.32 Å². The van der Waals surface area contributed by atoms with Crippen molar-refractivity contribution in [1.82, 2.24) is 9.78 Å². The third kappa shape index (κ3) is 4.71. The summed E-state index contributed by atoms with van der Waals surface area (Å²) < 4.78 is 16.5. The van der Waals surface area contributed by atoms with Gasteiger partial charge in [0, 0.05) is 10.4 Å². The predicted molar refractivity (Wildman–Crippen MR) is 137 cm³/mol. The van der Waals surface area contributed by atoms with Crippen molar-refractivity contribution in [2.75, 3.05) is 5.32 Å². The summed E-state index contributed by atoms with van der Waals surface area (Å²) in [5, 5.41) is 18.2. The lowest BCUT2D eigenvalue weighted by Crippen LogP contribution is -2.31. The molecule has 1 aliphatic carbocycles. The van der Waals surface area contributed by atoms with E-state index in [1.165, 1.54) is 12.1 Å². The predicted octanol–water partition coefficient (Wildman–Crippen LogP) is 6.82. The molecule has 1 fully saturated rings. The maximum atomic E-state index is 14.7. The van der Waals surface area contributed by atoms with E-state index in [9.17, 15) is 14.0 Å². The SMILES string of the molecule is O=C(O)c1ccc(NC(=O)C(c2c3ccccc3nn2-c2ccc(Cl)cc2)C2CCCCC2)c(F)c1. The van der Waals surface area contributed by atoms with E-state index in [4.69, 9.17) is 21.8 Å². The molecule has 184 valence electrons. The average molecular weight is 506 g/mol. The number of carbonyl (C=O) groups excluding carboxylic acids is 1. The Hall–Kier alpha value is -3.71. The van der Waals surface area contributed by atoms with Crippen molar-refractivity contribution >= 4 is 40.1 Å². The lowest BCUT2D eigenvalue weighted by atomic mass is 9.77. The third-order valence-electron chi connectivity index (χ3n) is 6.86. The Morgan fingerprint density at radius 2 is 1.75 bits per heavy atom. The number of benzene rings is 3. The van der Waals surface area contributed by atoms with Gasteiger partial charge in [-0.25, -0.2) is 13.9 Å². The van der Waals surface area contributed by atoms with Crippen LogP contribution >= 0.6 is 11.6 Å². The van der Waals surface area contributed by atoms with E-state index in [0.717, 1.165) is 60.5 Å². The molecule has 0 bridgehead atoms. The minimum atomic E-state index is -1.23. The molecule has 2 N–H and O–H groups in total. The van der Waals surface area contributed by atoms with Crippen LogP contribution in [0.25, 0.3) is 16.6 Å². The summed E-state index contributed by atoms with van der Waals surface area (Å²) in [6.45, 7) is 0. The van der Waals surface area contributed by atoms with Crippen molar-refractivity contribution in [2.24, 2.45) is 5.92 Å². The third-order valence-corrected chi connectivity index (χ3v) is 7.11. The second-order valence-corrected chi connectivity index (χ2v) is 9.59. The van der Waals surface area contributed by atoms with Crippen LogP contribution in [-0.2, 0) is 4.79 Å². The number of nitrogens with zero attached hydrogens (tertiary/aromatic N) is 2. The number of hydrogen-bond donors (Lipinski definition) is 2. The zero-order valence-electron chi connectivity index (χ0n) is 19.5. The van der Waals surface area contributed by atoms with E-state index in [0.29, 0.717) is 5.02 Å². The number of amides is 1. The van der Waals surface area contributed by atoms with Crippen molar-refractivity contribution in [3.05, 3.63) is 88.8 Å². The number of hydrogen-bond acceptors (Lipinski definition) is 3. The van der Waals surface area contributed by atoms with Crippen LogP contribution in [0.2, 0.25) is 5.02 Å². The number of carboxylic acid groups (broad SMARTS) is 1. The maximum absolute atomic E-state index is 14.7. The van der Waals surface area contributed by atoms with Gasteiger partial charge in [-0.05, 0) is 67.3 Å². The molecule has 0 aliphatic heterocycles. The minimum Gasteiger partial charge on any atom is -0.478 e. The molecule has 36 heavy (non-hydrogen) atoms. The number of aromatic carboxylic acids is 1. The average Bonchev–Trinajstić information content (AvgIpc) is 3.25. The van der Waals surface area contributed by atoms with Gasteiger partial charge in [0.1, 0.15) is 5.82 Å². The fraction of sp³-hybridized carbons (Fsp3) is 0.250. The molecule has 0 spiro atoms. The second kappa shape index (κ2) is 10.1. The van der Waals surface area contributed by atoms with Crippen LogP contribution in [0.4, 0.5) is 10.1 Å². The summed E-state index contributed by atoms with van der Waals surface area (Å²) >= 11 is 6.12. The number of fused-ring (bicyclic) bond motifs is 1. The number of rotatable bonds is 6. The molecule has 8 heteroatoms. The Morgan fingerprint density at radius 3 is 2.44 bits per heavy atom. The molecule has 1 heterocycles. The summed E-state index contributed by atoms with van der Waals surface area (Å²) in [6.07, 6.45) is 4.90. The molecule has 1 saturated carbocycles. The lowest BCUT2D eigenvalue weighted by Gasteiger charge is -2.30. The largest absolute Gasteiger partial charge is 0.478 e. The van der Waals surface area contributed by atoms with Gasteiger partial charge in [0.15, 0.2) is 0 Å². The number of nitrogens with one attached hydrogen (secondary N) is 1. The Labute approximate surface area is 212 Å². The van der Waals surface area contributed by atoms with Gasteiger partial charge < -0.3 is 10.4 Å². The van der Waals surface area contributed by atoms with Gasteiger partial charge in [-0.15, -0.1) is 0 Å². The van der Waals surface area contributed by atoms with Crippen LogP contribution in [0.1, 0.15) is 54.1 Å². The highest BCUT2D eigenvalue weighted by Crippen LogP contribution is 2.40. The molecule has 4 aromatic rings. The first-order valence-electron chi connectivity index (χ1n) is 12.0. The van der Waals surface area contributed by atoms with Crippen molar-refractivity contribution < 1.29 is 19.1 Å². The molecule has 1 unspecified atom stereocenters. The molecular formula is C28H25ClFN3O3. The number of aromatic nitrogens is 2. The molecular weight excluding hydrogens is 481 g/mol. The smallest absolute Gasteiger partial charge is 0.335 e. The molecule has 1 aliphatic rings. The normalized spacial score (nSPS) is 15.1. The van der Waals surface area contributed by atoms with Crippen molar-refractivity contribution in [3.63, 3.8) is 0 Å². The van der Waals surface area contributed by atoms with Gasteiger partial charge in [-0.3, -0.25) is 4.79 Å². The lowest BCUT2D eigenvalue weighted by molar-refractivity contribution is -0.119. The molecule has 0 saturated heterocycles. The van der Waals surface area contributed by atoms with E-state index < -0.39 is 17.7 Å². The van der Waals surface area contributed by atoms with Gasteiger partial charge in [-0.1, -0.05) is 49.1 Å². The standard InChI is InChI=1S/C28H25ClFN3O3/c29-19-11-13-20(14-12-19)33-26(21-8-4-5-9-23(21)32-33)25(17-6-2-1-3-7-17)27(34)31-24-15-10-18(28(35)36)16-22(24)30/h4-5,8-17,25H,1-3,6-7H2,(H,31,34)(H,35,36). The Balaban J connectivity index is 1.62. The minimum absolute atomic E-state index is 0.0475. The molecule has 6 nitrogen and oxygen atoms in total. The summed E-state index contributed by atoms with van der Waals surface area (Å²) in [6, 6.07) is 18.5. The fourth-order valence-corrected chi connectivity index (χ4v) is 5.25. The highest BCUT2D eigenvalue weighted by atomic mass is 35.5. The van der Waals surface area contributed by atoms with Crippen molar-refractivity contribution in [1.29, 1.82) is 0 Å². The number of halogens is 2. The van der Waals surface area contributed by atoms with Crippen LogP contribution in [-0.4, -0.2) is 26.8 Å². The van der Waals surface area contributed by atoms with Gasteiger partial charge in [0.25, 0.3) is 0 Å². The topological polar surface area (TPSA) is 84.2 Å². The summed E-state index contributed by atoms with van der Waals surface area (Å²) in [4.78, 5) is 25.1. The molecule has 3 aromatic carbocycles. The van der Waals surface area contributed by atoms with E-state index >= 15 is 0 Å². The van der Waals surface area contributed by atoms with Gasteiger partial charge >= 0.3 is 5.97 Å². The first-order chi connectivity index (χ1) is 17.4. The van der Waals surface area contributed by atoms with Gasteiger partial charge in [-0.2, -0.15) is 5.10 Å². The summed E-state index contributed by atoms with van der Waals surface area (Å²) in [5.74, 6) is -2.91. The van der Waals surface area contributed by atoms with Crippen LogP contribution in [0.5, 0.6) is 0 Å². The number of anilines is 1. The molecule has 1 aromatic heterocycles. The monoisotopic (exact) mass is 505 g/mol. The van der Waals surface area contributed by atoms with E-state index in [1.54, 1.807) is 16.8 Å². The van der Waals surface area contributed by atoms with Crippen molar-refractivity contribution in [2.45, 2.75) is 38.0 Å². The molecule has 1 amide bonds. The zero-order valence-corrected chi connectivity index (χ0v) is 20.2. The van der Waals surface area contributed by atoms with Gasteiger partial charge in [0.2, 0.25) is 5.91 Å². The molecule has 1 atom stereocenters. The van der Waals surface area contributed by atoms with Gasteiger partial charge in [0.05, 0.1) is 34.1 Å². The van der Waals surface area contributed by atoms with E-state index in [1.807, 2.05) is 36.4 Å². The Kier molecular flexibility index (Phi) is 6.74. The van der Waals surface area contributed by atoms with Crippen molar-refractivity contribution in [3.8, 4) is 5.69 Å². The number of carboxylic acids is 1. The fourth-order valence-electron chi connectivity index (χ4n) is 5.12. The maximum Gasteiger partial charge on any atom is 0.335 e. The Bertz CT molecular complexity index is 1430.